The summed E-state index contributed by atoms with van der Waals surface area (Å²) in [5.41, 5.74) is 1.58. The number of fused-ring (bicyclic) bond motifs is 1. The zero-order valence-corrected chi connectivity index (χ0v) is 18.0. The van der Waals surface area contributed by atoms with Crippen LogP contribution in [0.5, 0.6) is 5.75 Å². The Labute approximate surface area is 179 Å². The van der Waals surface area contributed by atoms with Crippen LogP contribution >= 0.6 is 0 Å². The van der Waals surface area contributed by atoms with Gasteiger partial charge in [-0.2, -0.15) is 0 Å². The summed E-state index contributed by atoms with van der Waals surface area (Å²) in [5, 5.41) is 5.32. The number of anilines is 1. The van der Waals surface area contributed by atoms with Crippen LogP contribution in [-0.4, -0.2) is 48.4 Å². The number of hydrogen-bond donors (Lipinski definition) is 3. The number of carbonyl (C=O) groups excluding carboxylic acids is 3. The lowest BCUT2D eigenvalue weighted by Crippen LogP contribution is -2.67. The largest absolute Gasteiger partial charge is 0.479 e. The fraction of sp³-hybridized carbons (Fsp3) is 0.571. The fourth-order valence-corrected chi connectivity index (χ4v) is 3.73. The van der Waals surface area contributed by atoms with Crippen LogP contribution in [0.2, 0.25) is 0 Å². The molecule has 1 spiro atoms. The van der Waals surface area contributed by atoms with Gasteiger partial charge in [-0.05, 0) is 19.1 Å². The monoisotopic (exact) mass is 437 g/mol. The standard InChI is InChI=1S/C21H28FN3O6/c1-19(2,3)20(4,31-18(23)28)17(27)25-15-16(26)24-13-7-5-6-12(22)14(13)30-21(15)8-10-29-11-9-21/h5-7,15H,8-11H2,1-4H3,(H2,23,28)(H,24,26)(H,25,27)/t15-,20+/m0/s1. The predicted octanol–water partition coefficient (Wildman–Crippen LogP) is 2.09. The first-order valence-electron chi connectivity index (χ1n) is 10.1. The van der Waals surface area contributed by atoms with Gasteiger partial charge in [0.2, 0.25) is 0 Å². The summed E-state index contributed by atoms with van der Waals surface area (Å²) in [5.74, 6) is -2.02. The molecule has 3 rings (SSSR count). The van der Waals surface area contributed by atoms with E-state index < -0.39 is 46.4 Å². The molecular formula is C21H28FN3O6. The molecule has 1 aromatic carbocycles. The molecule has 1 fully saturated rings. The van der Waals surface area contributed by atoms with Gasteiger partial charge in [0, 0.05) is 18.3 Å². The number of amides is 3. The van der Waals surface area contributed by atoms with Crippen molar-refractivity contribution < 1.29 is 33.0 Å². The van der Waals surface area contributed by atoms with Crippen molar-refractivity contribution in [3.05, 3.63) is 24.0 Å². The number of para-hydroxylation sites is 1. The van der Waals surface area contributed by atoms with E-state index in [2.05, 4.69) is 10.6 Å². The molecule has 2 heterocycles. The molecule has 0 bridgehead atoms. The van der Waals surface area contributed by atoms with Crippen LogP contribution in [0, 0.1) is 11.2 Å². The number of halogens is 1. The molecule has 31 heavy (non-hydrogen) atoms. The van der Waals surface area contributed by atoms with Crippen molar-refractivity contribution in [1.29, 1.82) is 0 Å². The second-order valence-corrected chi connectivity index (χ2v) is 9.00. The molecule has 2 aliphatic rings. The number of ether oxygens (including phenoxy) is 3. The Kier molecular flexibility index (Phi) is 5.88. The molecule has 1 aromatic rings. The Hall–Kier alpha value is -2.88. The van der Waals surface area contributed by atoms with Crippen molar-refractivity contribution in [2.75, 3.05) is 18.5 Å². The van der Waals surface area contributed by atoms with Crippen molar-refractivity contribution in [3.63, 3.8) is 0 Å². The first kappa shape index (κ1) is 22.8. The summed E-state index contributed by atoms with van der Waals surface area (Å²) < 4.78 is 31.2. The van der Waals surface area contributed by atoms with Crippen LogP contribution in [0.15, 0.2) is 18.2 Å². The van der Waals surface area contributed by atoms with Crippen LogP contribution in [0.3, 0.4) is 0 Å². The average Bonchev–Trinajstić information content (AvgIpc) is 2.77. The molecular weight excluding hydrogens is 409 g/mol. The maximum absolute atomic E-state index is 14.5. The van der Waals surface area contributed by atoms with E-state index in [-0.39, 0.29) is 37.5 Å². The van der Waals surface area contributed by atoms with Gasteiger partial charge in [-0.25, -0.2) is 9.18 Å². The molecule has 0 radical (unpaired) electrons. The van der Waals surface area contributed by atoms with E-state index in [9.17, 15) is 18.8 Å². The lowest BCUT2D eigenvalue weighted by Gasteiger charge is -2.44. The molecule has 0 unspecified atom stereocenters. The van der Waals surface area contributed by atoms with Gasteiger partial charge in [-0.15, -0.1) is 0 Å². The molecule has 10 heteroatoms. The van der Waals surface area contributed by atoms with E-state index in [1.807, 2.05) is 0 Å². The first-order chi connectivity index (χ1) is 14.4. The summed E-state index contributed by atoms with van der Waals surface area (Å²) in [6.45, 7) is 7.06. The fourth-order valence-electron chi connectivity index (χ4n) is 3.73. The van der Waals surface area contributed by atoms with Crippen LogP contribution < -0.4 is 21.1 Å². The second kappa shape index (κ2) is 7.99. The number of hydrogen-bond acceptors (Lipinski definition) is 6. The molecule has 2 atom stereocenters. The van der Waals surface area contributed by atoms with Crippen molar-refractivity contribution in [2.24, 2.45) is 11.1 Å². The van der Waals surface area contributed by atoms with Crippen molar-refractivity contribution in [3.8, 4) is 5.75 Å². The molecule has 3 amide bonds. The van der Waals surface area contributed by atoms with E-state index >= 15 is 0 Å². The van der Waals surface area contributed by atoms with Gasteiger partial charge < -0.3 is 30.6 Å². The number of nitrogens with two attached hydrogens (primary N) is 1. The van der Waals surface area contributed by atoms with E-state index in [0.29, 0.717) is 0 Å². The SMILES string of the molecule is CC(C)(C)[C@](C)(OC(N)=O)C(=O)N[C@H]1C(=O)Nc2cccc(F)c2OC12CCOCC2. The quantitative estimate of drug-likeness (QED) is 0.664. The molecule has 0 aliphatic carbocycles. The minimum Gasteiger partial charge on any atom is -0.479 e. The van der Waals surface area contributed by atoms with E-state index in [1.165, 1.54) is 25.1 Å². The summed E-state index contributed by atoms with van der Waals surface area (Å²) in [6.07, 6.45) is -0.645. The van der Waals surface area contributed by atoms with Gasteiger partial charge in [-0.1, -0.05) is 26.8 Å². The Morgan fingerprint density at radius 3 is 2.48 bits per heavy atom. The third-order valence-electron chi connectivity index (χ3n) is 6.10. The molecule has 0 saturated carbocycles. The third kappa shape index (κ3) is 4.16. The van der Waals surface area contributed by atoms with Crippen LogP contribution in [0.4, 0.5) is 14.9 Å². The minimum atomic E-state index is -1.68. The van der Waals surface area contributed by atoms with E-state index in [0.717, 1.165) is 0 Å². The maximum Gasteiger partial charge on any atom is 0.405 e. The normalized spacial score (nSPS) is 22.2. The third-order valence-corrected chi connectivity index (χ3v) is 6.10. The Morgan fingerprint density at radius 2 is 1.90 bits per heavy atom. The van der Waals surface area contributed by atoms with Gasteiger partial charge in [-0.3, -0.25) is 9.59 Å². The first-order valence-corrected chi connectivity index (χ1v) is 10.1. The van der Waals surface area contributed by atoms with Gasteiger partial charge in [0.05, 0.1) is 18.9 Å². The number of carbonyl (C=O) groups is 3. The second-order valence-electron chi connectivity index (χ2n) is 9.00. The molecule has 1 saturated heterocycles. The Morgan fingerprint density at radius 1 is 1.26 bits per heavy atom. The summed E-state index contributed by atoms with van der Waals surface area (Å²) in [6, 6.07) is 3.00. The van der Waals surface area contributed by atoms with Crippen LogP contribution in [-0.2, 0) is 19.1 Å². The summed E-state index contributed by atoms with van der Waals surface area (Å²) in [7, 11) is 0. The highest BCUT2D eigenvalue weighted by molar-refractivity contribution is 6.01. The minimum absolute atomic E-state index is 0.0959. The number of benzene rings is 1. The Bertz CT molecular complexity index is 894. The smallest absolute Gasteiger partial charge is 0.405 e. The van der Waals surface area contributed by atoms with Crippen molar-refractivity contribution in [2.45, 2.75) is 57.8 Å². The van der Waals surface area contributed by atoms with Gasteiger partial charge >= 0.3 is 6.09 Å². The lowest BCUT2D eigenvalue weighted by atomic mass is 9.76. The zero-order chi connectivity index (χ0) is 23.0. The Balaban J connectivity index is 2.02. The predicted molar refractivity (Wildman–Crippen MR) is 109 cm³/mol. The van der Waals surface area contributed by atoms with E-state index in [4.69, 9.17) is 19.9 Å². The van der Waals surface area contributed by atoms with E-state index in [1.54, 1.807) is 20.8 Å². The topological polar surface area (TPSA) is 129 Å². The number of rotatable bonds is 3. The van der Waals surface area contributed by atoms with Crippen molar-refractivity contribution in [1.82, 2.24) is 5.32 Å². The highest BCUT2D eigenvalue weighted by Crippen LogP contribution is 2.41. The van der Waals surface area contributed by atoms with Crippen molar-refractivity contribution >= 4 is 23.6 Å². The lowest BCUT2D eigenvalue weighted by molar-refractivity contribution is -0.155. The molecule has 9 nitrogen and oxygen atoms in total. The van der Waals surface area contributed by atoms with Gasteiger partial charge in [0.1, 0.15) is 11.6 Å². The highest BCUT2D eigenvalue weighted by Gasteiger charge is 2.54. The van der Waals surface area contributed by atoms with Crippen LogP contribution in [0.1, 0.15) is 40.5 Å². The molecule has 2 aliphatic heterocycles. The van der Waals surface area contributed by atoms with Crippen LogP contribution in [0.25, 0.3) is 0 Å². The highest BCUT2D eigenvalue weighted by atomic mass is 19.1. The molecule has 0 aromatic heterocycles. The van der Waals surface area contributed by atoms with Gasteiger partial charge in [0.25, 0.3) is 11.8 Å². The molecule has 170 valence electrons. The summed E-state index contributed by atoms with van der Waals surface area (Å²) in [4.78, 5) is 38.1. The summed E-state index contributed by atoms with van der Waals surface area (Å²) >= 11 is 0. The number of primary amides is 1. The number of nitrogens with one attached hydrogen (secondary N) is 2. The van der Waals surface area contributed by atoms with Gasteiger partial charge in [0.15, 0.2) is 17.2 Å². The average molecular weight is 437 g/mol. The zero-order valence-electron chi connectivity index (χ0n) is 18.0. The molecule has 4 N–H and O–H groups in total. The maximum atomic E-state index is 14.5.